The highest BCUT2D eigenvalue weighted by Crippen LogP contribution is 2.32. The summed E-state index contributed by atoms with van der Waals surface area (Å²) >= 11 is 0. The van der Waals surface area contributed by atoms with E-state index in [1.165, 1.54) is 43.5 Å². The summed E-state index contributed by atoms with van der Waals surface area (Å²) in [5.74, 6) is 1.02. The normalized spacial score (nSPS) is 23.9. The summed E-state index contributed by atoms with van der Waals surface area (Å²) in [6.45, 7) is 7.33. The molecule has 3 nitrogen and oxygen atoms in total. The van der Waals surface area contributed by atoms with Crippen LogP contribution in [0.3, 0.4) is 0 Å². The van der Waals surface area contributed by atoms with Crippen LogP contribution in [0.4, 0.5) is 0 Å². The van der Waals surface area contributed by atoms with Crippen molar-refractivity contribution in [2.24, 2.45) is 0 Å². The first-order chi connectivity index (χ1) is 9.38. The summed E-state index contributed by atoms with van der Waals surface area (Å²) in [6, 6.07) is 7.12. The SMILES string of the molecule is CCOc1ccc2c(c1)[C@H](N1CCCCC1)CNC2. The number of hydrogen-bond donors (Lipinski definition) is 1. The van der Waals surface area contributed by atoms with Gasteiger partial charge in [-0.05, 0) is 56.1 Å². The molecule has 1 saturated heterocycles. The van der Waals surface area contributed by atoms with E-state index in [1.54, 1.807) is 0 Å². The highest BCUT2D eigenvalue weighted by atomic mass is 16.5. The van der Waals surface area contributed by atoms with Crippen molar-refractivity contribution in [3.8, 4) is 5.75 Å². The van der Waals surface area contributed by atoms with Gasteiger partial charge >= 0.3 is 0 Å². The Morgan fingerprint density at radius 1 is 1.26 bits per heavy atom. The van der Waals surface area contributed by atoms with Gasteiger partial charge in [0.05, 0.1) is 6.61 Å². The molecule has 1 fully saturated rings. The zero-order valence-electron chi connectivity index (χ0n) is 11.8. The largest absolute Gasteiger partial charge is 0.494 e. The van der Waals surface area contributed by atoms with Crippen LogP contribution in [0.5, 0.6) is 5.75 Å². The van der Waals surface area contributed by atoms with Crippen molar-refractivity contribution in [2.75, 3.05) is 26.2 Å². The van der Waals surface area contributed by atoms with Crippen LogP contribution in [0.25, 0.3) is 0 Å². The lowest BCUT2D eigenvalue weighted by Gasteiger charge is -2.38. The number of nitrogens with zero attached hydrogens (tertiary/aromatic N) is 1. The van der Waals surface area contributed by atoms with Gasteiger partial charge in [-0.25, -0.2) is 0 Å². The van der Waals surface area contributed by atoms with Gasteiger partial charge < -0.3 is 10.1 Å². The lowest BCUT2D eigenvalue weighted by molar-refractivity contribution is 0.154. The molecule has 2 aliphatic rings. The van der Waals surface area contributed by atoms with Crippen LogP contribution >= 0.6 is 0 Å². The lowest BCUT2D eigenvalue weighted by atomic mass is 9.93. The smallest absolute Gasteiger partial charge is 0.119 e. The molecule has 0 bridgehead atoms. The number of hydrogen-bond acceptors (Lipinski definition) is 3. The Labute approximate surface area is 115 Å². The molecule has 2 heterocycles. The average Bonchev–Trinajstić information content (AvgIpc) is 2.48. The molecule has 0 amide bonds. The quantitative estimate of drug-likeness (QED) is 0.904. The molecule has 0 radical (unpaired) electrons. The topological polar surface area (TPSA) is 24.5 Å². The van der Waals surface area contributed by atoms with Crippen molar-refractivity contribution in [1.82, 2.24) is 10.2 Å². The molecule has 0 spiro atoms. The molecule has 3 heteroatoms. The number of likely N-dealkylation sites (tertiary alicyclic amines) is 1. The van der Waals surface area contributed by atoms with Crippen LogP contribution in [0.1, 0.15) is 43.4 Å². The maximum atomic E-state index is 5.67. The fourth-order valence-corrected chi connectivity index (χ4v) is 3.31. The van der Waals surface area contributed by atoms with E-state index in [9.17, 15) is 0 Å². The molecular formula is C16H24N2O. The molecule has 0 aromatic heterocycles. The fraction of sp³-hybridized carbons (Fsp3) is 0.625. The first kappa shape index (κ1) is 12.9. The van der Waals surface area contributed by atoms with Gasteiger partial charge in [0.1, 0.15) is 5.75 Å². The van der Waals surface area contributed by atoms with Crippen molar-refractivity contribution < 1.29 is 4.74 Å². The van der Waals surface area contributed by atoms with Crippen molar-refractivity contribution in [1.29, 1.82) is 0 Å². The minimum absolute atomic E-state index is 0.532. The van der Waals surface area contributed by atoms with Gasteiger partial charge in [0.2, 0.25) is 0 Å². The van der Waals surface area contributed by atoms with Crippen molar-refractivity contribution in [3.05, 3.63) is 29.3 Å². The van der Waals surface area contributed by atoms with Gasteiger partial charge in [-0.3, -0.25) is 4.90 Å². The van der Waals surface area contributed by atoms with E-state index in [0.717, 1.165) is 25.4 Å². The second kappa shape index (κ2) is 5.93. The zero-order valence-corrected chi connectivity index (χ0v) is 11.8. The van der Waals surface area contributed by atoms with Gasteiger partial charge in [-0.1, -0.05) is 12.5 Å². The monoisotopic (exact) mass is 260 g/mol. The maximum absolute atomic E-state index is 5.67. The molecule has 1 N–H and O–H groups in total. The van der Waals surface area contributed by atoms with Crippen LogP contribution in [0, 0.1) is 0 Å². The molecule has 0 unspecified atom stereocenters. The maximum Gasteiger partial charge on any atom is 0.119 e. The number of piperidine rings is 1. The van der Waals surface area contributed by atoms with Crippen LogP contribution in [0.15, 0.2) is 18.2 Å². The lowest BCUT2D eigenvalue weighted by Crippen LogP contribution is -2.42. The third-order valence-electron chi connectivity index (χ3n) is 4.27. The molecule has 104 valence electrons. The van der Waals surface area contributed by atoms with Crippen LogP contribution in [0.2, 0.25) is 0 Å². The van der Waals surface area contributed by atoms with Gasteiger partial charge in [-0.2, -0.15) is 0 Å². The standard InChI is InChI=1S/C16H24N2O/c1-2-19-14-7-6-13-11-17-12-16(15(13)10-14)18-8-4-3-5-9-18/h6-7,10,16-17H,2-5,8-9,11-12H2,1H3/t16-/m1/s1. The minimum atomic E-state index is 0.532. The van der Waals surface area contributed by atoms with E-state index < -0.39 is 0 Å². The second-order valence-corrected chi connectivity index (χ2v) is 5.54. The molecule has 0 saturated carbocycles. The summed E-state index contributed by atoms with van der Waals surface area (Å²) in [5, 5.41) is 3.56. The second-order valence-electron chi connectivity index (χ2n) is 5.54. The Bertz CT molecular complexity index is 427. The van der Waals surface area contributed by atoms with Gasteiger partial charge in [0, 0.05) is 19.1 Å². The van der Waals surface area contributed by atoms with E-state index in [1.807, 2.05) is 6.92 Å². The molecule has 1 aromatic rings. The Morgan fingerprint density at radius 3 is 2.89 bits per heavy atom. The third kappa shape index (κ3) is 2.77. The predicted octanol–water partition coefficient (Wildman–Crippen LogP) is 2.72. The van der Waals surface area contributed by atoms with Gasteiger partial charge in [-0.15, -0.1) is 0 Å². The molecular weight excluding hydrogens is 236 g/mol. The van der Waals surface area contributed by atoms with E-state index in [2.05, 4.69) is 28.4 Å². The number of rotatable bonds is 3. The van der Waals surface area contributed by atoms with Crippen molar-refractivity contribution in [3.63, 3.8) is 0 Å². The first-order valence-electron chi connectivity index (χ1n) is 7.59. The Hall–Kier alpha value is -1.06. The zero-order chi connectivity index (χ0) is 13.1. The van der Waals surface area contributed by atoms with Crippen LogP contribution in [-0.2, 0) is 6.54 Å². The first-order valence-corrected chi connectivity index (χ1v) is 7.59. The average molecular weight is 260 g/mol. The summed E-state index contributed by atoms with van der Waals surface area (Å²) in [4.78, 5) is 2.64. The minimum Gasteiger partial charge on any atom is -0.494 e. The molecule has 3 rings (SSSR count). The molecule has 1 atom stereocenters. The van der Waals surface area contributed by atoms with E-state index >= 15 is 0 Å². The summed E-state index contributed by atoms with van der Waals surface area (Å²) in [7, 11) is 0. The van der Waals surface area contributed by atoms with E-state index in [-0.39, 0.29) is 0 Å². The van der Waals surface area contributed by atoms with Crippen LogP contribution in [-0.4, -0.2) is 31.1 Å². The molecule has 2 aliphatic heterocycles. The van der Waals surface area contributed by atoms with E-state index in [4.69, 9.17) is 4.74 Å². The molecule has 1 aromatic carbocycles. The number of fused-ring (bicyclic) bond motifs is 1. The summed E-state index contributed by atoms with van der Waals surface area (Å²) in [6.07, 6.45) is 4.08. The summed E-state index contributed by atoms with van der Waals surface area (Å²) in [5.41, 5.74) is 2.91. The molecule has 19 heavy (non-hydrogen) atoms. The third-order valence-corrected chi connectivity index (χ3v) is 4.27. The van der Waals surface area contributed by atoms with Crippen molar-refractivity contribution >= 4 is 0 Å². The highest BCUT2D eigenvalue weighted by molar-refractivity contribution is 5.39. The van der Waals surface area contributed by atoms with Gasteiger partial charge in [0.25, 0.3) is 0 Å². The summed E-state index contributed by atoms with van der Waals surface area (Å²) < 4.78 is 5.67. The van der Waals surface area contributed by atoms with Crippen LogP contribution < -0.4 is 10.1 Å². The number of nitrogens with one attached hydrogen (secondary N) is 1. The Balaban J connectivity index is 1.86. The number of ether oxygens (including phenoxy) is 1. The predicted molar refractivity (Wildman–Crippen MR) is 77.5 cm³/mol. The number of benzene rings is 1. The van der Waals surface area contributed by atoms with Gasteiger partial charge in [0.15, 0.2) is 0 Å². The highest BCUT2D eigenvalue weighted by Gasteiger charge is 2.27. The van der Waals surface area contributed by atoms with Crippen molar-refractivity contribution in [2.45, 2.75) is 38.8 Å². The Morgan fingerprint density at radius 2 is 2.11 bits per heavy atom. The fourth-order valence-electron chi connectivity index (χ4n) is 3.31. The van der Waals surface area contributed by atoms with E-state index in [0.29, 0.717) is 6.04 Å². The Kier molecular flexibility index (Phi) is 4.04. The molecule has 0 aliphatic carbocycles.